The van der Waals surface area contributed by atoms with Crippen molar-refractivity contribution in [2.45, 2.75) is 19.4 Å². The van der Waals surface area contributed by atoms with Gasteiger partial charge in [0, 0.05) is 25.0 Å². The van der Waals surface area contributed by atoms with E-state index in [4.69, 9.17) is 18.0 Å². The first-order chi connectivity index (χ1) is 8.10. The van der Waals surface area contributed by atoms with E-state index >= 15 is 0 Å². The predicted molar refractivity (Wildman–Crippen MR) is 78.8 cm³/mol. The molecule has 0 saturated heterocycles. The van der Waals surface area contributed by atoms with E-state index in [9.17, 15) is 0 Å². The predicted octanol–water partition coefficient (Wildman–Crippen LogP) is 1.69. The maximum atomic E-state index is 5.57. The topological polar surface area (TPSA) is 55.0 Å². The monoisotopic (exact) mass is 270 g/mol. The Morgan fingerprint density at radius 3 is 2.88 bits per heavy atom. The van der Waals surface area contributed by atoms with Crippen LogP contribution in [0.2, 0.25) is 0 Å². The minimum atomic E-state index is 0.306. The molecule has 1 unspecified atom stereocenters. The zero-order chi connectivity index (χ0) is 12.8. The summed E-state index contributed by atoms with van der Waals surface area (Å²) in [7, 11) is 2.00. The molecule has 1 rings (SSSR count). The van der Waals surface area contributed by atoms with Crippen LogP contribution in [0.4, 0.5) is 5.95 Å². The van der Waals surface area contributed by atoms with Gasteiger partial charge in [0.05, 0.1) is 0 Å². The second-order valence-corrected chi connectivity index (χ2v) is 5.08. The molecule has 6 heteroatoms. The fourth-order valence-electron chi connectivity index (χ4n) is 1.51. The molecule has 1 aromatic heterocycles. The highest BCUT2D eigenvalue weighted by molar-refractivity contribution is 7.98. The highest BCUT2D eigenvalue weighted by Gasteiger charge is 2.15. The van der Waals surface area contributed by atoms with Gasteiger partial charge >= 0.3 is 0 Å². The largest absolute Gasteiger partial charge is 0.388 e. The summed E-state index contributed by atoms with van der Waals surface area (Å²) in [6.45, 7) is 2.16. The summed E-state index contributed by atoms with van der Waals surface area (Å²) in [5.74, 6) is 1.73. The SMILES string of the molecule is CCC(CSC)N(C)c1nccc(C(N)=S)n1. The van der Waals surface area contributed by atoms with E-state index in [1.165, 1.54) is 0 Å². The maximum Gasteiger partial charge on any atom is 0.225 e. The smallest absolute Gasteiger partial charge is 0.225 e. The van der Waals surface area contributed by atoms with Crippen LogP contribution in [0.15, 0.2) is 12.3 Å². The number of hydrogen-bond donors (Lipinski definition) is 1. The van der Waals surface area contributed by atoms with Crippen LogP contribution in [0.5, 0.6) is 0 Å². The third kappa shape index (κ3) is 3.81. The second kappa shape index (κ2) is 6.76. The second-order valence-electron chi connectivity index (χ2n) is 3.73. The Hall–Kier alpha value is -0.880. The van der Waals surface area contributed by atoms with E-state index < -0.39 is 0 Å². The first-order valence-electron chi connectivity index (χ1n) is 5.44. The van der Waals surface area contributed by atoms with E-state index in [2.05, 4.69) is 28.0 Å². The Morgan fingerprint density at radius 1 is 1.65 bits per heavy atom. The van der Waals surface area contributed by atoms with Crippen molar-refractivity contribution in [2.75, 3.05) is 24.0 Å². The van der Waals surface area contributed by atoms with Crippen LogP contribution in [0.1, 0.15) is 19.0 Å². The van der Waals surface area contributed by atoms with Crippen LogP contribution in [-0.2, 0) is 0 Å². The highest BCUT2D eigenvalue weighted by atomic mass is 32.2. The lowest BCUT2D eigenvalue weighted by atomic mass is 10.2. The Morgan fingerprint density at radius 2 is 2.35 bits per heavy atom. The van der Waals surface area contributed by atoms with Crippen LogP contribution in [0.25, 0.3) is 0 Å². The molecule has 0 amide bonds. The summed E-state index contributed by atoms with van der Waals surface area (Å²) in [5, 5.41) is 0. The summed E-state index contributed by atoms with van der Waals surface area (Å²) >= 11 is 6.74. The minimum absolute atomic E-state index is 0.306. The standard InChI is InChI=1S/C11H18N4S2/c1-4-8(7-17-3)15(2)11-13-6-5-9(14-11)10(12)16/h5-6,8H,4,7H2,1-3H3,(H2,12,16). The summed E-state index contributed by atoms with van der Waals surface area (Å²) < 4.78 is 0. The van der Waals surface area contributed by atoms with Crippen molar-refractivity contribution >= 4 is 34.9 Å². The van der Waals surface area contributed by atoms with Crippen molar-refractivity contribution in [3.05, 3.63) is 18.0 Å². The average Bonchev–Trinajstić information content (AvgIpc) is 2.35. The van der Waals surface area contributed by atoms with Gasteiger partial charge in [0.25, 0.3) is 0 Å². The normalized spacial score (nSPS) is 12.2. The number of thiocarbonyl (C=S) groups is 1. The Labute approximate surface area is 112 Å². The van der Waals surface area contributed by atoms with Gasteiger partial charge in [-0.25, -0.2) is 9.97 Å². The van der Waals surface area contributed by atoms with Crippen LogP contribution >= 0.6 is 24.0 Å². The summed E-state index contributed by atoms with van der Waals surface area (Å²) in [5.41, 5.74) is 6.19. The Kier molecular flexibility index (Phi) is 5.64. The van der Waals surface area contributed by atoms with Crippen molar-refractivity contribution in [3.8, 4) is 0 Å². The third-order valence-electron chi connectivity index (χ3n) is 2.59. The van der Waals surface area contributed by atoms with Crippen molar-refractivity contribution in [3.63, 3.8) is 0 Å². The summed E-state index contributed by atoms with van der Waals surface area (Å²) in [6, 6.07) is 2.15. The Bertz CT molecular complexity index is 383. The van der Waals surface area contributed by atoms with E-state index in [1.807, 2.05) is 18.8 Å². The van der Waals surface area contributed by atoms with Crippen LogP contribution in [0, 0.1) is 0 Å². The number of rotatable bonds is 6. The molecular weight excluding hydrogens is 252 g/mol. The molecule has 0 aliphatic heterocycles. The van der Waals surface area contributed by atoms with Gasteiger partial charge in [0.1, 0.15) is 10.7 Å². The van der Waals surface area contributed by atoms with E-state index in [0.717, 1.165) is 12.2 Å². The van der Waals surface area contributed by atoms with Gasteiger partial charge in [0.2, 0.25) is 5.95 Å². The molecule has 0 saturated carbocycles. The molecule has 1 aromatic rings. The molecule has 1 atom stereocenters. The molecule has 17 heavy (non-hydrogen) atoms. The number of nitrogens with zero attached hydrogens (tertiary/aromatic N) is 3. The lowest BCUT2D eigenvalue weighted by molar-refractivity contribution is 0.657. The number of thioether (sulfide) groups is 1. The lowest BCUT2D eigenvalue weighted by Gasteiger charge is -2.26. The molecular formula is C11H18N4S2. The first-order valence-corrected chi connectivity index (χ1v) is 7.25. The van der Waals surface area contributed by atoms with Crippen LogP contribution < -0.4 is 10.6 Å². The molecule has 1 heterocycles. The van der Waals surface area contributed by atoms with Gasteiger partial charge in [-0.2, -0.15) is 11.8 Å². The zero-order valence-electron chi connectivity index (χ0n) is 10.4. The summed E-state index contributed by atoms with van der Waals surface area (Å²) in [6.07, 6.45) is 4.85. The molecule has 4 nitrogen and oxygen atoms in total. The molecule has 2 N–H and O–H groups in total. The molecule has 0 radical (unpaired) electrons. The Balaban J connectivity index is 2.90. The van der Waals surface area contributed by atoms with E-state index in [1.54, 1.807) is 12.3 Å². The number of hydrogen-bond acceptors (Lipinski definition) is 5. The van der Waals surface area contributed by atoms with Gasteiger partial charge in [0.15, 0.2) is 0 Å². The average molecular weight is 270 g/mol. The van der Waals surface area contributed by atoms with Crippen molar-refractivity contribution < 1.29 is 0 Å². The quantitative estimate of drug-likeness (QED) is 0.794. The van der Waals surface area contributed by atoms with Crippen molar-refractivity contribution in [2.24, 2.45) is 5.73 Å². The third-order valence-corrected chi connectivity index (χ3v) is 3.52. The molecule has 0 bridgehead atoms. The molecule has 0 fully saturated rings. The molecule has 0 aliphatic rings. The van der Waals surface area contributed by atoms with Crippen molar-refractivity contribution in [1.29, 1.82) is 0 Å². The van der Waals surface area contributed by atoms with Gasteiger partial charge in [-0.05, 0) is 18.7 Å². The fourth-order valence-corrected chi connectivity index (χ4v) is 2.47. The zero-order valence-corrected chi connectivity index (χ0v) is 12.0. The maximum absolute atomic E-state index is 5.57. The lowest BCUT2D eigenvalue weighted by Crippen LogP contribution is -2.34. The van der Waals surface area contributed by atoms with Gasteiger partial charge in [-0.1, -0.05) is 19.1 Å². The van der Waals surface area contributed by atoms with E-state index in [-0.39, 0.29) is 0 Å². The first kappa shape index (κ1) is 14.2. The molecule has 0 aliphatic carbocycles. The molecule has 0 spiro atoms. The number of nitrogens with two attached hydrogens (primary N) is 1. The molecule has 0 aromatic carbocycles. The van der Waals surface area contributed by atoms with Gasteiger partial charge < -0.3 is 10.6 Å². The van der Waals surface area contributed by atoms with Crippen LogP contribution in [0.3, 0.4) is 0 Å². The number of anilines is 1. The van der Waals surface area contributed by atoms with Gasteiger partial charge in [-0.3, -0.25) is 0 Å². The van der Waals surface area contributed by atoms with Crippen LogP contribution in [-0.4, -0.2) is 40.1 Å². The summed E-state index contributed by atoms with van der Waals surface area (Å²) in [4.78, 5) is 11.0. The van der Waals surface area contributed by atoms with Gasteiger partial charge in [-0.15, -0.1) is 0 Å². The van der Waals surface area contributed by atoms with Crippen molar-refractivity contribution in [1.82, 2.24) is 9.97 Å². The highest BCUT2D eigenvalue weighted by Crippen LogP contribution is 2.14. The number of aromatic nitrogens is 2. The minimum Gasteiger partial charge on any atom is -0.388 e. The van der Waals surface area contributed by atoms with E-state index in [0.29, 0.717) is 22.7 Å². The molecule has 94 valence electrons. The fraction of sp³-hybridized carbons (Fsp3) is 0.545.